The third-order valence-electron chi connectivity index (χ3n) is 5.38. The second-order valence-corrected chi connectivity index (χ2v) is 7.35. The minimum absolute atomic E-state index is 0.0236. The lowest BCUT2D eigenvalue weighted by molar-refractivity contribution is 0.0586. The Hall–Kier alpha value is -3.74. The number of benzene rings is 2. The molecule has 1 aliphatic rings. The summed E-state index contributed by atoms with van der Waals surface area (Å²) >= 11 is 0. The molecule has 1 aliphatic heterocycles. The fourth-order valence-electron chi connectivity index (χ4n) is 3.75. The second kappa shape index (κ2) is 7.94. The standard InChI is InChI=1S/C23H21N5O2/c29-23(19-7-6-17-4-1-2-5-18(17)16-19)27-14-10-20(11-15-27)30-22-9-8-21(25-26-22)28-13-3-12-24-28/h1-9,12-13,16,20H,10-11,14-15H2. The predicted molar refractivity (Wildman–Crippen MR) is 113 cm³/mol. The van der Waals surface area contributed by atoms with E-state index in [0.717, 1.165) is 29.2 Å². The van der Waals surface area contributed by atoms with Crippen molar-refractivity contribution in [3.8, 4) is 11.7 Å². The number of hydrogen-bond acceptors (Lipinski definition) is 5. The summed E-state index contributed by atoms with van der Waals surface area (Å²) in [6, 6.07) is 19.4. The molecule has 3 heterocycles. The van der Waals surface area contributed by atoms with Crippen LogP contribution >= 0.6 is 0 Å². The molecule has 5 rings (SSSR count). The van der Waals surface area contributed by atoms with Crippen LogP contribution in [0.2, 0.25) is 0 Å². The summed E-state index contributed by atoms with van der Waals surface area (Å²) in [5.41, 5.74) is 0.730. The van der Waals surface area contributed by atoms with E-state index in [0.29, 0.717) is 24.8 Å². The summed E-state index contributed by atoms with van der Waals surface area (Å²) < 4.78 is 7.62. The molecule has 0 N–H and O–H groups in total. The Bertz CT molecular complexity index is 1150. The first-order chi connectivity index (χ1) is 14.8. The molecule has 0 spiro atoms. The maximum Gasteiger partial charge on any atom is 0.253 e. The first kappa shape index (κ1) is 18.3. The number of fused-ring (bicyclic) bond motifs is 1. The van der Waals surface area contributed by atoms with Crippen molar-refractivity contribution in [1.29, 1.82) is 0 Å². The van der Waals surface area contributed by atoms with Crippen LogP contribution in [0.3, 0.4) is 0 Å². The number of nitrogens with zero attached hydrogens (tertiary/aromatic N) is 5. The zero-order valence-electron chi connectivity index (χ0n) is 16.4. The zero-order valence-corrected chi connectivity index (χ0v) is 16.4. The van der Waals surface area contributed by atoms with Gasteiger partial charge in [-0.05, 0) is 35.0 Å². The van der Waals surface area contributed by atoms with Gasteiger partial charge < -0.3 is 9.64 Å². The van der Waals surface area contributed by atoms with E-state index in [1.807, 2.05) is 59.6 Å². The van der Waals surface area contributed by atoms with Gasteiger partial charge in [-0.2, -0.15) is 5.10 Å². The van der Waals surface area contributed by atoms with Gasteiger partial charge in [-0.3, -0.25) is 4.79 Å². The van der Waals surface area contributed by atoms with Gasteiger partial charge in [-0.15, -0.1) is 10.2 Å². The molecule has 0 atom stereocenters. The molecule has 1 saturated heterocycles. The molecule has 1 amide bonds. The van der Waals surface area contributed by atoms with Crippen molar-refractivity contribution in [1.82, 2.24) is 24.9 Å². The number of aromatic nitrogens is 4. The van der Waals surface area contributed by atoms with Gasteiger partial charge >= 0.3 is 0 Å². The van der Waals surface area contributed by atoms with Gasteiger partial charge in [0.25, 0.3) is 5.91 Å². The van der Waals surface area contributed by atoms with Gasteiger partial charge in [0.2, 0.25) is 5.88 Å². The maximum absolute atomic E-state index is 12.9. The zero-order chi connectivity index (χ0) is 20.3. The average molecular weight is 399 g/mol. The predicted octanol–water partition coefficient (Wildman–Crippen LogP) is 3.50. The molecule has 30 heavy (non-hydrogen) atoms. The van der Waals surface area contributed by atoms with Crippen molar-refractivity contribution in [2.45, 2.75) is 18.9 Å². The minimum atomic E-state index is 0.0236. The summed E-state index contributed by atoms with van der Waals surface area (Å²) in [5, 5.41) is 14.7. The molecule has 150 valence electrons. The molecule has 0 bridgehead atoms. The lowest BCUT2D eigenvalue weighted by Gasteiger charge is -2.32. The third kappa shape index (κ3) is 3.74. The Labute approximate surface area is 173 Å². The number of amides is 1. The van der Waals surface area contributed by atoms with Crippen LogP contribution in [0, 0.1) is 0 Å². The molecule has 2 aromatic carbocycles. The SMILES string of the molecule is O=C(c1ccc2ccccc2c1)N1CCC(Oc2ccc(-n3cccn3)nn2)CC1. The fourth-order valence-corrected chi connectivity index (χ4v) is 3.75. The molecular weight excluding hydrogens is 378 g/mol. The summed E-state index contributed by atoms with van der Waals surface area (Å²) in [6.07, 6.45) is 5.06. The molecule has 7 nitrogen and oxygen atoms in total. The van der Waals surface area contributed by atoms with Gasteiger partial charge in [-0.1, -0.05) is 30.3 Å². The van der Waals surface area contributed by atoms with E-state index < -0.39 is 0 Å². The highest BCUT2D eigenvalue weighted by Gasteiger charge is 2.25. The van der Waals surface area contributed by atoms with Crippen LogP contribution in [0.15, 0.2) is 73.1 Å². The lowest BCUT2D eigenvalue weighted by atomic mass is 10.0. The van der Waals surface area contributed by atoms with Gasteiger partial charge in [0.05, 0.1) is 0 Å². The molecule has 7 heteroatoms. The number of likely N-dealkylation sites (tertiary alicyclic amines) is 1. The van der Waals surface area contributed by atoms with E-state index in [9.17, 15) is 4.79 Å². The number of piperidine rings is 1. The second-order valence-electron chi connectivity index (χ2n) is 7.35. The molecular formula is C23H21N5O2. The van der Waals surface area contributed by atoms with Crippen molar-refractivity contribution in [2.75, 3.05) is 13.1 Å². The largest absolute Gasteiger partial charge is 0.473 e. The van der Waals surface area contributed by atoms with Crippen LogP contribution in [0.5, 0.6) is 5.88 Å². The van der Waals surface area contributed by atoms with E-state index in [2.05, 4.69) is 21.4 Å². The third-order valence-corrected chi connectivity index (χ3v) is 5.38. The summed E-state index contributed by atoms with van der Waals surface area (Å²) in [6.45, 7) is 1.32. The monoisotopic (exact) mass is 399 g/mol. The summed E-state index contributed by atoms with van der Waals surface area (Å²) in [7, 11) is 0. The lowest BCUT2D eigenvalue weighted by Crippen LogP contribution is -2.41. The maximum atomic E-state index is 12.9. The van der Waals surface area contributed by atoms with Gasteiger partial charge in [0.15, 0.2) is 5.82 Å². The number of carbonyl (C=O) groups excluding carboxylic acids is 1. The van der Waals surface area contributed by atoms with Gasteiger partial charge in [0.1, 0.15) is 6.10 Å². The molecule has 1 fully saturated rings. The highest BCUT2D eigenvalue weighted by Crippen LogP contribution is 2.21. The van der Waals surface area contributed by atoms with Crippen molar-refractivity contribution in [3.63, 3.8) is 0 Å². The molecule has 0 radical (unpaired) electrons. The topological polar surface area (TPSA) is 73.1 Å². The molecule has 4 aromatic rings. The Morgan fingerprint density at radius 2 is 1.77 bits per heavy atom. The number of ether oxygens (including phenoxy) is 1. The molecule has 0 saturated carbocycles. The van der Waals surface area contributed by atoms with Crippen LogP contribution in [0.4, 0.5) is 0 Å². The van der Waals surface area contributed by atoms with Gasteiger partial charge in [0, 0.05) is 50.0 Å². The molecule has 0 aliphatic carbocycles. The van der Waals surface area contributed by atoms with E-state index >= 15 is 0 Å². The molecule has 2 aromatic heterocycles. The quantitative estimate of drug-likeness (QED) is 0.525. The fraction of sp³-hybridized carbons (Fsp3) is 0.217. The van der Waals surface area contributed by atoms with E-state index in [1.165, 1.54) is 0 Å². The normalized spacial score (nSPS) is 14.7. The highest BCUT2D eigenvalue weighted by molar-refractivity contribution is 5.98. The van der Waals surface area contributed by atoms with Crippen molar-refractivity contribution in [3.05, 3.63) is 78.6 Å². The summed E-state index contributed by atoms with van der Waals surface area (Å²) in [4.78, 5) is 14.8. The number of rotatable bonds is 4. The summed E-state index contributed by atoms with van der Waals surface area (Å²) in [5.74, 6) is 1.20. The van der Waals surface area contributed by atoms with E-state index in [4.69, 9.17) is 4.74 Å². The Kier molecular flexibility index (Phi) is 4.85. The number of carbonyl (C=O) groups is 1. The van der Waals surface area contributed by atoms with Crippen LogP contribution < -0.4 is 4.74 Å². The van der Waals surface area contributed by atoms with E-state index in [-0.39, 0.29) is 12.0 Å². The Morgan fingerprint density at radius 3 is 2.50 bits per heavy atom. The first-order valence-corrected chi connectivity index (χ1v) is 10.0. The van der Waals surface area contributed by atoms with Crippen molar-refractivity contribution < 1.29 is 9.53 Å². The van der Waals surface area contributed by atoms with E-state index in [1.54, 1.807) is 16.9 Å². The Morgan fingerprint density at radius 1 is 0.933 bits per heavy atom. The van der Waals surface area contributed by atoms with Crippen LogP contribution in [0.1, 0.15) is 23.2 Å². The van der Waals surface area contributed by atoms with Crippen molar-refractivity contribution >= 4 is 16.7 Å². The van der Waals surface area contributed by atoms with Crippen molar-refractivity contribution in [2.24, 2.45) is 0 Å². The van der Waals surface area contributed by atoms with Crippen LogP contribution in [-0.4, -0.2) is 50.0 Å². The molecule has 0 unspecified atom stereocenters. The van der Waals surface area contributed by atoms with Crippen LogP contribution in [-0.2, 0) is 0 Å². The minimum Gasteiger partial charge on any atom is -0.473 e. The van der Waals surface area contributed by atoms with Crippen LogP contribution in [0.25, 0.3) is 16.6 Å². The first-order valence-electron chi connectivity index (χ1n) is 10.0. The Balaban J connectivity index is 1.19. The van der Waals surface area contributed by atoms with Gasteiger partial charge in [-0.25, -0.2) is 4.68 Å². The highest BCUT2D eigenvalue weighted by atomic mass is 16.5. The smallest absolute Gasteiger partial charge is 0.253 e. The number of hydrogen-bond donors (Lipinski definition) is 0. The average Bonchev–Trinajstić information content (AvgIpc) is 3.34.